The summed E-state index contributed by atoms with van der Waals surface area (Å²) in [6, 6.07) is 0. The fourth-order valence-electron chi connectivity index (χ4n) is 0.725. The maximum atomic E-state index is 9.20. The van der Waals surface area contributed by atoms with Crippen LogP contribution in [0.4, 0.5) is 0 Å². The first-order valence-corrected chi connectivity index (χ1v) is 4.69. The van der Waals surface area contributed by atoms with E-state index in [0.717, 1.165) is 24.6 Å². The monoisotopic (exact) mass is 136 g/mol. The van der Waals surface area contributed by atoms with Gasteiger partial charge < -0.3 is 9.87 Å². The van der Waals surface area contributed by atoms with Crippen molar-refractivity contribution in [2.24, 2.45) is 5.14 Å². The number of hydrogen-bond donors (Lipinski definition) is 3. The summed E-state index contributed by atoms with van der Waals surface area (Å²) >= 11 is 0. The van der Waals surface area contributed by atoms with Crippen molar-refractivity contribution in [1.29, 1.82) is 0 Å². The lowest BCUT2D eigenvalue weighted by molar-refractivity contribution is 0.599. The SMILES string of the molecule is NS1(O)CCNCC1. The molecule has 0 unspecified atom stereocenters. The second-order valence-electron chi connectivity index (χ2n) is 2.06. The van der Waals surface area contributed by atoms with Crippen LogP contribution in [0, 0.1) is 0 Å². The number of rotatable bonds is 0. The molecule has 1 heterocycles. The summed E-state index contributed by atoms with van der Waals surface area (Å²) in [6.45, 7) is 1.75. The van der Waals surface area contributed by atoms with E-state index in [2.05, 4.69) is 5.32 Å². The molecule has 0 bridgehead atoms. The van der Waals surface area contributed by atoms with Crippen LogP contribution < -0.4 is 10.5 Å². The van der Waals surface area contributed by atoms with Crippen molar-refractivity contribution >= 4 is 10.5 Å². The normalized spacial score (nSPS) is 31.8. The lowest BCUT2D eigenvalue weighted by atomic mass is 10.6. The van der Waals surface area contributed by atoms with Gasteiger partial charge in [0.15, 0.2) is 0 Å². The van der Waals surface area contributed by atoms with Crippen molar-refractivity contribution in [3.8, 4) is 0 Å². The minimum absolute atomic E-state index is 0.757. The fourth-order valence-corrected chi connectivity index (χ4v) is 1.92. The van der Waals surface area contributed by atoms with Gasteiger partial charge >= 0.3 is 0 Å². The third kappa shape index (κ3) is 1.63. The van der Waals surface area contributed by atoms with Gasteiger partial charge in [0.1, 0.15) is 0 Å². The molecule has 0 amide bonds. The molecule has 1 saturated heterocycles. The fraction of sp³-hybridized carbons (Fsp3) is 1.00. The summed E-state index contributed by atoms with van der Waals surface area (Å²) in [4.78, 5) is 0. The summed E-state index contributed by atoms with van der Waals surface area (Å²) in [6.07, 6.45) is 0. The summed E-state index contributed by atoms with van der Waals surface area (Å²) in [7, 11) is -1.65. The molecular formula is C4H12N2OS. The highest BCUT2D eigenvalue weighted by Crippen LogP contribution is 2.33. The van der Waals surface area contributed by atoms with E-state index in [9.17, 15) is 4.55 Å². The van der Waals surface area contributed by atoms with Gasteiger partial charge in [-0.2, -0.15) is 0 Å². The Morgan fingerprint density at radius 3 is 2.12 bits per heavy atom. The summed E-state index contributed by atoms with van der Waals surface area (Å²) in [5.74, 6) is 1.51. The standard InChI is InChI=1S/C4H12N2OS/c5-8(7)3-1-6-2-4-8/h6-7H,1-5H2. The lowest BCUT2D eigenvalue weighted by Crippen LogP contribution is -2.37. The van der Waals surface area contributed by atoms with Crippen molar-refractivity contribution < 1.29 is 4.55 Å². The van der Waals surface area contributed by atoms with E-state index in [-0.39, 0.29) is 0 Å². The van der Waals surface area contributed by atoms with Gasteiger partial charge in [0, 0.05) is 24.6 Å². The van der Waals surface area contributed by atoms with Gasteiger partial charge in [0.25, 0.3) is 0 Å². The van der Waals surface area contributed by atoms with Crippen molar-refractivity contribution in [2.75, 3.05) is 24.6 Å². The number of hydrogen-bond acceptors (Lipinski definition) is 3. The van der Waals surface area contributed by atoms with E-state index in [1.807, 2.05) is 0 Å². The maximum absolute atomic E-state index is 9.20. The van der Waals surface area contributed by atoms with Crippen molar-refractivity contribution in [3.63, 3.8) is 0 Å². The highest BCUT2D eigenvalue weighted by molar-refractivity contribution is 8.27. The third-order valence-corrected chi connectivity index (χ3v) is 3.09. The first kappa shape index (κ1) is 6.35. The highest BCUT2D eigenvalue weighted by atomic mass is 32.3. The average molecular weight is 136 g/mol. The maximum Gasteiger partial charge on any atom is 0.0236 e. The molecule has 0 aromatic rings. The molecule has 0 spiro atoms. The van der Waals surface area contributed by atoms with Crippen LogP contribution in [0.2, 0.25) is 0 Å². The molecule has 0 aromatic heterocycles. The van der Waals surface area contributed by atoms with Gasteiger partial charge in [-0.1, -0.05) is 10.5 Å². The zero-order valence-electron chi connectivity index (χ0n) is 4.76. The lowest BCUT2D eigenvalue weighted by Gasteiger charge is -2.32. The Balaban J connectivity index is 2.33. The zero-order valence-corrected chi connectivity index (χ0v) is 5.58. The Morgan fingerprint density at radius 2 is 1.88 bits per heavy atom. The second kappa shape index (κ2) is 2.23. The largest absolute Gasteiger partial charge is 0.338 e. The van der Waals surface area contributed by atoms with E-state index < -0.39 is 10.5 Å². The molecule has 1 aliphatic heterocycles. The Kier molecular flexibility index (Phi) is 1.77. The molecular weight excluding hydrogens is 124 g/mol. The van der Waals surface area contributed by atoms with E-state index in [4.69, 9.17) is 5.14 Å². The molecule has 0 aromatic carbocycles. The average Bonchev–Trinajstić information content (AvgIpc) is 1.65. The number of nitrogens with two attached hydrogens (primary N) is 1. The van der Waals surface area contributed by atoms with Crippen molar-refractivity contribution in [1.82, 2.24) is 5.32 Å². The molecule has 8 heavy (non-hydrogen) atoms. The molecule has 0 saturated carbocycles. The third-order valence-electron chi connectivity index (χ3n) is 1.26. The molecule has 0 radical (unpaired) electrons. The van der Waals surface area contributed by atoms with Crippen LogP contribution in [-0.2, 0) is 0 Å². The summed E-state index contributed by atoms with van der Waals surface area (Å²) in [5.41, 5.74) is 0. The molecule has 0 aliphatic carbocycles. The molecule has 1 rings (SSSR count). The van der Waals surface area contributed by atoms with Crippen LogP contribution in [0.1, 0.15) is 0 Å². The Bertz CT molecular complexity index is 78.1. The topological polar surface area (TPSA) is 58.3 Å². The Labute approximate surface area is 50.9 Å². The highest BCUT2D eigenvalue weighted by Gasteiger charge is 2.16. The molecule has 3 nitrogen and oxygen atoms in total. The zero-order chi connectivity index (χ0) is 6.04. The van der Waals surface area contributed by atoms with Crippen LogP contribution in [0.3, 0.4) is 0 Å². The first-order valence-electron chi connectivity index (χ1n) is 2.70. The molecule has 0 atom stereocenters. The smallest absolute Gasteiger partial charge is 0.0236 e. The minimum atomic E-state index is -1.65. The van der Waals surface area contributed by atoms with Crippen LogP contribution >= 0.6 is 10.5 Å². The van der Waals surface area contributed by atoms with Crippen LogP contribution in [0.15, 0.2) is 0 Å². The molecule has 1 aliphatic rings. The quantitative estimate of drug-likeness (QED) is 0.430. The van der Waals surface area contributed by atoms with Gasteiger partial charge in [-0.25, -0.2) is 0 Å². The predicted octanol–water partition coefficient (Wildman–Crippen LogP) is -0.259. The van der Waals surface area contributed by atoms with Gasteiger partial charge in [-0.05, 0) is 0 Å². The van der Waals surface area contributed by atoms with Crippen molar-refractivity contribution in [3.05, 3.63) is 0 Å². The van der Waals surface area contributed by atoms with Gasteiger partial charge in [0.2, 0.25) is 0 Å². The minimum Gasteiger partial charge on any atom is -0.338 e. The van der Waals surface area contributed by atoms with Crippen LogP contribution in [0.5, 0.6) is 0 Å². The molecule has 4 heteroatoms. The second-order valence-corrected chi connectivity index (χ2v) is 4.68. The van der Waals surface area contributed by atoms with E-state index >= 15 is 0 Å². The van der Waals surface area contributed by atoms with Gasteiger partial charge in [0.05, 0.1) is 0 Å². The van der Waals surface area contributed by atoms with E-state index in [1.54, 1.807) is 0 Å². The van der Waals surface area contributed by atoms with E-state index in [1.165, 1.54) is 0 Å². The predicted molar refractivity (Wildman–Crippen MR) is 37.0 cm³/mol. The van der Waals surface area contributed by atoms with E-state index in [0.29, 0.717) is 0 Å². The molecule has 4 N–H and O–H groups in total. The Hall–Kier alpha value is 0.230. The summed E-state index contributed by atoms with van der Waals surface area (Å²) < 4.78 is 9.20. The van der Waals surface area contributed by atoms with Crippen molar-refractivity contribution in [2.45, 2.75) is 0 Å². The van der Waals surface area contributed by atoms with Crippen LogP contribution in [-0.4, -0.2) is 29.1 Å². The molecule has 1 fully saturated rings. The summed E-state index contributed by atoms with van der Waals surface area (Å²) in [5, 5.41) is 8.60. The van der Waals surface area contributed by atoms with Crippen LogP contribution in [0.25, 0.3) is 0 Å². The van der Waals surface area contributed by atoms with Gasteiger partial charge in [-0.15, -0.1) is 0 Å². The first-order chi connectivity index (χ1) is 3.71. The van der Waals surface area contributed by atoms with Gasteiger partial charge in [-0.3, -0.25) is 5.14 Å². The number of nitrogens with one attached hydrogen (secondary N) is 1. The molecule has 50 valence electrons. The Morgan fingerprint density at radius 1 is 1.38 bits per heavy atom.